The quantitative estimate of drug-likeness (QED) is 0.428. The van der Waals surface area contributed by atoms with E-state index in [9.17, 15) is 5.11 Å². The number of rotatable bonds is 3. The number of aromatic nitrogens is 3. The number of nitrogens with one attached hydrogen (secondary N) is 1. The molecular formula is C15H9BrCl2N4OS. The topological polar surface area (TPSA) is 66.2 Å². The molecule has 0 fully saturated rings. The monoisotopic (exact) mass is 442 g/mol. The number of benzene rings is 2. The Bertz CT molecular complexity index is 999. The van der Waals surface area contributed by atoms with Crippen molar-refractivity contribution >= 4 is 57.6 Å². The van der Waals surface area contributed by atoms with E-state index in [0.29, 0.717) is 31.8 Å². The van der Waals surface area contributed by atoms with Gasteiger partial charge in [-0.25, -0.2) is 5.10 Å². The van der Waals surface area contributed by atoms with Gasteiger partial charge in [0.25, 0.3) is 0 Å². The fourth-order valence-electron chi connectivity index (χ4n) is 1.99. The maximum Gasteiger partial charge on any atom is 0.216 e. The Hall–Kier alpha value is -1.67. The lowest BCUT2D eigenvalue weighted by molar-refractivity contribution is 0.474. The van der Waals surface area contributed by atoms with E-state index in [0.717, 1.165) is 4.47 Å². The molecule has 0 saturated carbocycles. The molecule has 2 aromatic carbocycles. The number of phenols is 1. The van der Waals surface area contributed by atoms with Crippen LogP contribution in [0.5, 0.6) is 5.75 Å². The first kappa shape index (κ1) is 17.2. The van der Waals surface area contributed by atoms with Crippen LogP contribution in [-0.2, 0) is 0 Å². The van der Waals surface area contributed by atoms with Crippen molar-refractivity contribution in [3.63, 3.8) is 0 Å². The molecule has 0 amide bonds. The van der Waals surface area contributed by atoms with Crippen LogP contribution >= 0.6 is 51.3 Å². The van der Waals surface area contributed by atoms with E-state index in [2.05, 4.69) is 31.2 Å². The summed E-state index contributed by atoms with van der Waals surface area (Å²) in [6.45, 7) is 0. The van der Waals surface area contributed by atoms with Gasteiger partial charge >= 0.3 is 0 Å². The van der Waals surface area contributed by atoms with Crippen molar-refractivity contribution in [3.8, 4) is 17.1 Å². The van der Waals surface area contributed by atoms with E-state index in [1.54, 1.807) is 36.4 Å². The SMILES string of the molecule is Oc1ccc(Br)cc1/C=N\n1c(-c2ccc(Cl)cc2Cl)n[nH]c1=S. The molecule has 1 heterocycles. The summed E-state index contributed by atoms with van der Waals surface area (Å²) in [6.07, 6.45) is 1.48. The first-order chi connectivity index (χ1) is 11.5. The maximum atomic E-state index is 9.89. The molecule has 3 rings (SSSR count). The average molecular weight is 444 g/mol. The summed E-state index contributed by atoms with van der Waals surface area (Å²) in [5.41, 5.74) is 1.16. The van der Waals surface area contributed by atoms with E-state index in [1.165, 1.54) is 10.9 Å². The predicted molar refractivity (Wildman–Crippen MR) is 102 cm³/mol. The lowest BCUT2D eigenvalue weighted by Gasteiger charge is -2.04. The molecule has 1 aromatic heterocycles. The van der Waals surface area contributed by atoms with Gasteiger partial charge in [0.15, 0.2) is 5.82 Å². The molecule has 3 aromatic rings. The largest absolute Gasteiger partial charge is 0.507 e. The molecule has 0 radical (unpaired) electrons. The van der Waals surface area contributed by atoms with Crippen molar-refractivity contribution in [2.45, 2.75) is 0 Å². The van der Waals surface area contributed by atoms with Gasteiger partial charge in [0, 0.05) is 20.6 Å². The summed E-state index contributed by atoms with van der Waals surface area (Å²) in [4.78, 5) is 0. The minimum Gasteiger partial charge on any atom is -0.507 e. The van der Waals surface area contributed by atoms with Crippen molar-refractivity contribution in [2.75, 3.05) is 0 Å². The predicted octanol–water partition coefficient (Wildman–Crippen LogP) is 5.26. The zero-order chi connectivity index (χ0) is 17.3. The number of phenolic OH excluding ortho intramolecular Hbond substituents is 1. The van der Waals surface area contributed by atoms with Crippen molar-refractivity contribution in [3.05, 3.63) is 61.3 Å². The fourth-order valence-corrected chi connectivity index (χ4v) is 3.04. The second-order valence-corrected chi connectivity index (χ2v) is 6.88. The highest BCUT2D eigenvalue weighted by molar-refractivity contribution is 9.10. The Balaban J connectivity index is 2.06. The summed E-state index contributed by atoms with van der Waals surface area (Å²) in [5, 5.41) is 22.0. The molecule has 122 valence electrons. The first-order valence-electron chi connectivity index (χ1n) is 6.61. The summed E-state index contributed by atoms with van der Waals surface area (Å²) in [6, 6.07) is 10.1. The maximum absolute atomic E-state index is 9.89. The van der Waals surface area contributed by atoms with Gasteiger partial charge in [0.05, 0.1) is 11.2 Å². The number of nitrogens with zero attached hydrogens (tertiary/aromatic N) is 3. The summed E-state index contributed by atoms with van der Waals surface area (Å²) in [5.74, 6) is 0.537. The summed E-state index contributed by atoms with van der Waals surface area (Å²) < 4.78 is 2.53. The highest BCUT2D eigenvalue weighted by Gasteiger charge is 2.12. The Labute approximate surface area is 160 Å². The molecule has 24 heavy (non-hydrogen) atoms. The standard InChI is InChI=1S/C15H9BrCl2N4OS/c16-9-1-4-13(23)8(5-9)7-19-22-14(20-21-15(22)24)11-3-2-10(17)6-12(11)18/h1-7,23H,(H,21,24)/b19-7-. The van der Waals surface area contributed by atoms with Gasteiger partial charge in [-0.3, -0.25) is 0 Å². The van der Waals surface area contributed by atoms with E-state index in [4.69, 9.17) is 35.4 Å². The second kappa shape index (κ2) is 7.06. The molecule has 0 aliphatic heterocycles. The highest BCUT2D eigenvalue weighted by Crippen LogP contribution is 2.29. The third-order valence-electron chi connectivity index (χ3n) is 3.12. The molecule has 2 N–H and O–H groups in total. The van der Waals surface area contributed by atoms with Gasteiger partial charge in [0.1, 0.15) is 5.75 Å². The molecule has 0 unspecified atom stereocenters. The van der Waals surface area contributed by atoms with Crippen LogP contribution in [0.3, 0.4) is 0 Å². The van der Waals surface area contributed by atoms with E-state index >= 15 is 0 Å². The first-order valence-corrected chi connectivity index (χ1v) is 8.57. The highest BCUT2D eigenvalue weighted by atomic mass is 79.9. The zero-order valence-electron chi connectivity index (χ0n) is 11.9. The van der Waals surface area contributed by atoms with E-state index in [-0.39, 0.29) is 5.75 Å². The Morgan fingerprint density at radius 3 is 2.79 bits per heavy atom. The number of aromatic amines is 1. The van der Waals surface area contributed by atoms with E-state index < -0.39 is 0 Å². The molecule has 0 atom stereocenters. The average Bonchev–Trinajstić information content (AvgIpc) is 2.89. The molecule has 0 bridgehead atoms. The Morgan fingerprint density at radius 1 is 1.25 bits per heavy atom. The third-order valence-corrected chi connectivity index (χ3v) is 4.43. The fraction of sp³-hybridized carbons (Fsp3) is 0. The number of hydrogen-bond donors (Lipinski definition) is 2. The molecule has 0 spiro atoms. The summed E-state index contributed by atoms with van der Waals surface area (Å²) in [7, 11) is 0. The lowest BCUT2D eigenvalue weighted by atomic mass is 10.2. The minimum absolute atomic E-state index is 0.100. The van der Waals surface area contributed by atoms with Crippen LogP contribution in [0, 0.1) is 4.77 Å². The van der Waals surface area contributed by atoms with Crippen molar-refractivity contribution in [1.29, 1.82) is 0 Å². The smallest absolute Gasteiger partial charge is 0.216 e. The van der Waals surface area contributed by atoms with Gasteiger partial charge in [0.2, 0.25) is 4.77 Å². The summed E-state index contributed by atoms with van der Waals surface area (Å²) >= 11 is 20.7. The molecule has 9 heteroatoms. The third kappa shape index (κ3) is 3.54. The number of halogens is 3. The minimum atomic E-state index is 0.100. The van der Waals surface area contributed by atoms with Crippen LogP contribution in [0.1, 0.15) is 5.56 Å². The van der Waals surface area contributed by atoms with Crippen molar-refractivity contribution < 1.29 is 5.11 Å². The van der Waals surface area contributed by atoms with Gasteiger partial charge in [-0.2, -0.15) is 14.9 Å². The molecule has 0 aliphatic rings. The van der Waals surface area contributed by atoms with Crippen LogP contribution in [0.15, 0.2) is 46.0 Å². The van der Waals surface area contributed by atoms with Crippen LogP contribution in [0.4, 0.5) is 0 Å². The van der Waals surface area contributed by atoms with Crippen molar-refractivity contribution in [1.82, 2.24) is 14.9 Å². The molecule has 0 saturated heterocycles. The number of hydrogen-bond acceptors (Lipinski definition) is 4. The van der Waals surface area contributed by atoms with Gasteiger partial charge in [-0.15, -0.1) is 0 Å². The number of H-pyrrole nitrogens is 1. The van der Waals surface area contributed by atoms with Crippen LogP contribution in [0.25, 0.3) is 11.4 Å². The molecule has 0 aliphatic carbocycles. The zero-order valence-corrected chi connectivity index (χ0v) is 15.8. The van der Waals surface area contributed by atoms with Crippen LogP contribution < -0.4 is 0 Å². The second-order valence-electron chi connectivity index (χ2n) is 4.74. The normalized spacial score (nSPS) is 11.3. The van der Waals surface area contributed by atoms with E-state index in [1.807, 2.05) is 0 Å². The van der Waals surface area contributed by atoms with Gasteiger partial charge in [-0.1, -0.05) is 39.1 Å². The van der Waals surface area contributed by atoms with Gasteiger partial charge in [-0.05, 0) is 48.6 Å². The number of aromatic hydroxyl groups is 1. The lowest BCUT2D eigenvalue weighted by Crippen LogP contribution is -1.96. The molecule has 5 nitrogen and oxygen atoms in total. The van der Waals surface area contributed by atoms with Crippen molar-refractivity contribution in [2.24, 2.45) is 5.10 Å². The van der Waals surface area contributed by atoms with Crippen LogP contribution in [0.2, 0.25) is 10.0 Å². The van der Waals surface area contributed by atoms with Crippen LogP contribution in [-0.4, -0.2) is 26.2 Å². The van der Waals surface area contributed by atoms with Gasteiger partial charge < -0.3 is 5.11 Å². The Morgan fingerprint density at radius 2 is 2.04 bits per heavy atom. The Kier molecular flexibility index (Phi) is 5.05. The molecular weight excluding hydrogens is 435 g/mol.